The van der Waals surface area contributed by atoms with E-state index in [4.69, 9.17) is 11.6 Å². The summed E-state index contributed by atoms with van der Waals surface area (Å²) in [5, 5.41) is 5.93. The Morgan fingerprint density at radius 1 is 0.923 bits per heavy atom. The third kappa shape index (κ3) is 4.99. The van der Waals surface area contributed by atoms with Gasteiger partial charge in [0.1, 0.15) is 0 Å². The molecule has 0 spiro atoms. The van der Waals surface area contributed by atoms with Crippen LogP contribution in [0.4, 0.5) is 11.4 Å². The number of anilines is 2. The average Bonchev–Trinajstić information content (AvgIpc) is 3.18. The molecule has 2 aromatic rings. The van der Waals surface area contributed by atoms with Gasteiger partial charge in [-0.15, -0.1) is 0 Å². The van der Waals surface area contributed by atoms with Crippen LogP contribution in [0, 0.1) is 0 Å². The van der Waals surface area contributed by atoms with E-state index in [9.17, 15) is 9.59 Å². The van der Waals surface area contributed by atoms with Gasteiger partial charge in [0.05, 0.1) is 0 Å². The van der Waals surface area contributed by atoms with Crippen molar-refractivity contribution in [3.63, 3.8) is 0 Å². The van der Waals surface area contributed by atoms with E-state index < -0.39 is 11.8 Å². The van der Waals surface area contributed by atoms with Crippen LogP contribution in [0.5, 0.6) is 0 Å². The van der Waals surface area contributed by atoms with E-state index in [1.54, 1.807) is 12.1 Å². The van der Waals surface area contributed by atoms with Crippen molar-refractivity contribution in [2.45, 2.75) is 19.3 Å². The molecule has 6 heteroatoms. The van der Waals surface area contributed by atoms with Crippen molar-refractivity contribution < 1.29 is 9.59 Å². The lowest BCUT2D eigenvalue weighted by Gasteiger charge is -2.17. The molecule has 1 heterocycles. The van der Waals surface area contributed by atoms with E-state index in [1.807, 2.05) is 36.4 Å². The minimum absolute atomic E-state index is 0.391. The maximum atomic E-state index is 12.0. The quantitative estimate of drug-likeness (QED) is 0.793. The molecular formula is C20H22ClN3O2. The van der Waals surface area contributed by atoms with E-state index in [1.165, 1.54) is 12.8 Å². The molecule has 1 fully saturated rings. The van der Waals surface area contributed by atoms with Crippen molar-refractivity contribution in [1.29, 1.82) is 0 Å². The van der Waals surface area contributed by atoms with Crippen molar-refractivity contribution in [3.05, 3.63) is 59.1 Å². The number of amides is 2. The zero-order valence-electron chi connectivity index (χ0n) is 14.5. The minimum Gasteiger partial charge on any atom is -0.372 e. The van der Waals surface area contributed by atoms with Gasteiger partial charge in [-0.3, -0.25) is 9.59 Å². The lowest BCUT2D eigenvalue weighted by atomic mass is 10.1. The second-order valence-electron chi connectivity index (χ2n) is 6.33. The normalized spacial score (nSPS) is 13.5. The fourth-order valence-corrected chi connectivity index (χ4v) is 3.10. The number of hydrogen-bond acceptors (Lipinski definition) is 3. The third-order valence-corrected chi connectivity index (χ3v) is 4.67. The first-order chi connectivity index (χ1) is 12.6. The van der Waals surface area contributed by atoms with Crippen LogP contribution in [0.15, 0.2) is 48.5 Å². The first-order valence-electron chi connectivity index (χ1n) is 8.80. The topological polar surface area (TPSA) is 61.4 Å². The Morgan fingerprint density at radius 3 is 2.23 bits per heavy atom. The van der Waals surface area contributed by atoms with Crippen LogP contribution in [0.25, 0.3) is 0 Å². The summed E-state index contributed by atoms with van der Waals surface area (Å²) in [6.45, 7) is 2.53. The van der Waals surface area contributed by atoms with Crippen LogP contribution in [-0.2, 0) is 16.0 Å². The molecule has 0 aromatic heterocycles. The van der Waals surface area contributed by atoms with E-state index in [0.717, 1.165) is 24.3 Å². The van der Waals surface area contributed by atoms with E-state index in [0.29, 0.717) is 23.7 Å². The van der Waals surface area contributed by atoms with Crippen molar-refractivity contribution in [1.82, 2.24) is 5.32 Å². The molecule has 1 aliphatic rings. The van der Waals surface area contributed by atoms with Crippen molar-refractivity contribution >= 4 is 34.8 Å². The van der Waals surface area contributed by atoms with Crippen molar-refractivity contribution in [2.24, 2.45) is 0 Å². The lowest BCUT2D eigenvalue weighted by molar-refractivity contribution is -0.136. The highest BCUT2D eigenvalue weighted by atomic mass is 35.5. The highest BCUT2D eigenvalue weighted by Gasteiger charge is 2.14. The lowest BCUT2D eigenvalue weighted by Crippen LogP contribution is -2.36. The fraction of sp³-hybridized carbons (Fsp3) is 0.300. The Morgan fingerprint density at radius 2 is 1.58 bits per heavy atom. The van der Waals surface area contributed by atoms with Gasteiger partial charge in [0.2, 0.25) is 0 Å². The van der Waals surface area contributed by atoms with Gasteiger partial charge in [0, 0.05) is 36.0 Å². The first-order valence-corrected chi connectivity index (χ1v) is 9.18. The molecule has 0 radical (unpaired) electrons. The summed E-state index contributed by atoms with van der Waals surface area (Å²) in [4.78, 5) is 26.2. The molecule has 3 rings (SSSR count). The molecule has 0 saturated carbocycles. The third-order valence-electron chi connectivity index (χ3n) is 4.42. The standard InChI is InChI=1S/C20H22ClN3O2/c21-16-5-3-15(4-6-16)11-12-22-19(25)20(26)23-17-7-9-18(10-8-17)24-13-1-2-14-24/h3-10H,1-2,11-14H2,(H,22,25)(H,23,26). The summed E-state index contributed by atoms with van der Waals surface area (Å²) >= 11 is 5.84. The van der Waals surface area contributed by atoms with Gasteiger partial charge in [-0.05, 0) is 61.2 Å². The maximum Gasteiger partial charge on any atom is 0.313 e. The molecule has 2 aromatic carbocycles. The van der Waals surface area contributed by atoms with Crippen LogP contribution in [0.2, 0.25) is 5.02 Å². The number of benzene rings is 2. The predicted molar refractivity (Wildman–Crippen MR) is 105 cm³/mol. The number of nitrogens with zero attached hydrogens (tertiary/aromatic N) is 1. The molecule has 0 bridgehead atoms. The summed E-state index contributed by atoms with van der Waals surface area (Å²) in [7, 11) is 0. The molecule has 26 heavy (non-hydrogen) atoms. The number of carbonyl (C=O) groups excluding carboxylic acids is 2. The Hall–Kier alpha value is -2.53. The summed E-state index contributed by atoms with van der Waals surface area (Å²) in [6.07, 6.45) is 3.07. The maximum absolute atomic E-state index is 12.0. The molecule has 1 saturated heterocycles. The predicted octanol–water partition coefficient (Wildman–Crippen LogP) is 3.24. The zero-order valence-corrected chi connectivity index (χ0v) is 15.3. The Bertz CT molecular complexity index is 754. The van der Waals surface area contributed by atoms with Gasteiger partial charge >= 0.3 is 11.8 Å². The molecule has 136 valence electrons. The van der Waals surface area contributed by atoms with Crippen molar-refractivity contribution in [2.75, 3.05) is 29.9 Å². The highest BCUT2D eigenvalue weighted by molar-refractivity contribution is 6.39. The molecule has 0 atom stereocenters. The summed E-state index contributed by atoms with van der Waals surface area (Å²) in [5.41, 5.74) is 2.81. The molecule has 2 N–H and O–H groups in total. The van der Waals surface area contributed by atoms with Gasteiger partial charge in [-0.1, -0.05) is 23.7 Å². The van der Waals surface area contributed by atoms with Gasteiger partial charge < -0.3 is 15.5 Å². The Kier molecular flexibility index (Phi) is 6.12. The zero-order chi connectivity index (χ0) is 18.4. The highest BCUT2D eigenvalue weighted by Crippen LogP contribution is 2.21. The average molecular weight is 372 g/mol. The van der Waals surface area contributed by atoms with Gasteiger partial charge in [-0.25, -0.2) is 0 Å². The fourth-order valence-electron chi connectivity index (χ4n) is 2.97. The summed E-state index contributed by atoms with van der Waals surface area (Å²) in [6, 6.07) is 15.0. The number of rotatable bonds is 5. The summed E-state index contributed by atoms with van der Waals surface area (Å²) < 4.78 is 0. The molecule has 2 amide bonds. The van der Waals surface area contributed by atoms with Crippen LogP contribution in [0.1, 0.15) is 18.4 Å². The van der Waals surface area contributed by atoms with Gasteiger partial charge in [0.15, 0.2) is 0 Å². The Labute approximate surface area is 158 Å². The largest absolute Gasteiger partial charge is 0.372 e. The van der Waals surface area contributed by atoms with Gasteiger partial charge in [-0.2, -0.15) is 0 Å². The SMILES string of the molecule is O=C(NCCc1ccc(Cl)cc1)C(=O)Nc1ccc(N2CCCC2)cc1. The van der Waals surface area contributed by atoms with Crippen LogP contribution in [0.3, 0.4) is 0 Å². The summed E-state index contributed by atoms with van der Waals surface area (Å²) in [5.74, 6) is -1.29. The van der Waals surface area contributed by atoms with E-state index in [2.05, 4.69) is 15.5 Å². The molecule has 5 nitrogen and oxygen atoms in total. The van der Waals surface area contributed by atoms with E-state index in [-0.39, 0.29) is 0 Å². The second-order valence-corrected chi connectivity index (χ2v) is 6.76. The number of halogens is 1. The monoisotopic (exact) mass is 371 g/mol. The molecular weight excluding hydrogens is 350 g/mol. The molecule has 1 aliphatic heterocycles. The minimum atomic E-state index is -0.657. The first kappa shape index (κ1) is 18.3. The number of nitrogens with one attached hydrogen (secondary N) is 2. The van der Waals surface area contributed by atoms with Crippen molar-refractivity contribution in [3.8, 4) is 0 Å². The van der Waals surface area contributed by atoms with Crippen LogP contribution < -0.4 is 15.5 Å². The van der Waals surface area contributed by atoms with Crippen LogP contribution >= 0.6 is 11.6 Å². The molecule has 0 unspecified atom stereocenters. The Balaban J connectivity index is 1.44. The second kappa shape index (κ2) is 8.72. The number of hydrogen-bond donors (Lipinski definition) is 2. The van der Waals surface area contributed by atoms with Gasteiger partial charge in [0.25, 0.3) is 0 Å². The van der Waals surface area contributed by atoms with E-state index >= 15 is 0 Å². The number of carbonyl (C=O) groups is 2. The molecule has 0 aliphatic carbocycles. The smallest absolute Gasteiger partial charge is 0.313 e. The van der Waals surface area contributed by atoms with Crippen LogP contribution in [-0.4, -0.2) is 31.4 Å².